The third-order valence-electron chi connectivity index (χ3n) is 5.13. The molecular weight excluding hydrogens is 436 g/mol. The van der Waals surface area contributed by atoms with Gasteiger partial charge < -0.3 is 25.3 Å². The lowest BCUT2D eigenvalue weighted by Crippen LogP contribution is -2.22. The summed E-state index contributed by atoms with van der Waals surface area (Å²) < 4.78 is 7.32. The standard InChI is InChI=1S/C23H24N8O3/c1-12-8-19(28-13(2)27-12)30-18-9-17(15(10-25-18)22(32)24-3)29-23(33)14-6-7-16-20(21(14)34-5)31(4)11-26-16/h6-11H,1-5H3,(H,24,32)(H2,25,27,28,29,30,33). The minimum absolute atomic E-state index is 0.206. The number of anilines is 3. The first-order valence-corrected chi connectivity index (χ1v) is 10.4. The number of imidazole rings is 1. The van der Waals surface area contributed by atoms with Gasteiger partial charge in [-0.05, 0) is 26.0 Å². The van der Waals surface area contributed by atoms with Crippen molar-refractivity contribution in [3.05, 3.63) is 59.4 Å². The highest BCUT2D eigenvalue weighted by atomic mass is 16.5. The number of nitrogens with zero attached hydrogens (tertiary/aromatic N) is 5. The van der Waals surface area contributed by atoms with Crippen molar-refractivity contribution in [1.29, 1.82) is 0 Å². The van der Waals surface area contributed by atoms with Gasteiger partial charge in [0.2, 0.25) is 0 Å². The molecule has 3 N–H and O–H groups in total. The third-order valence-corrected chi connectivity index (χ3v) is 5.13. The first-order valence-electron chi connectivity index (χ1n) is 10.4. The summed E-state index contributed by atoms with van der Waals surface area (Å²) in [5.74, 6) is 1.10. The van der Waals surface area contributed by atoms with E-state index in [0.29, 0.717) is 39.8 Å². The van der Waals surface area contributed by atoms with Gasteiger partial charge in [0.15, 0.2) is 5.75 Å². The molecule has 0 unspecified atom stereocenters. The number of ether oxygens (including phenoxy) is 1. The minimum Gasteiger partial charge on any atom is -0.494 e. The Morgan fingerprint density at radius 3 is 2.50 bits per heavy atom. The van der Waals surface area contributed by atoms with Crippen molar-refractivity contribution in [2.24, 2.45) is 7.05 Å². The minimum atomic E-state index is -0.448. The molecular formula is C23H24N8O3. The Kier molecular flexibility index (Phi) is 6.09. The van der Waals surface area contributed by atoms with E-state index in [1.54, 1.807) is 42.1 Å². The van der Waals surface area contributed by atoms with Crippen LogP contribution in [0.25, 0.3) is 11.0 Å². The average molecular weight is 460 g/mol. The summed E-state index contributed by atoms with van der Waals surface area (Å²) in [6.07, 6.45) is 3.04. The van der Waals surface area contributed by atoms with Crippen LogP contribution in [0.2, 0.25) is 0 Å². The molecule has 4 aromatic rings. The normalized spacial score (nSPS) is 10.7. The van der Waals surface area contributed by atoms with E-state index in [0.717, 1.165) is 5.69 Å². The third kappa shape index (κ3) is 4.35. The van der Waals surface area contributed by atoms with Gasteiger partial charge in [-0.2, -0.15) is 0 Å². The van der Waals surface area contributed by atoms with Crippen molar-refractivity contribution in [1.82, 2.24) is 29.8 Å². The molecule has 0 atom stereocenters. The molecule has 4 rings (SSSR count). The summed E-state index contributed by atoms with van der Waals surface area (Å²) in [6.45, 7) is 3.65. The summed E-state index contributed by atoms with van der Waals surface area (Å²) in [7, 11) is 4.82. The summed E-state index contributed by atoms with van der Waals surface area (Å²) in [6, 6.07) is 6.72. The number of aryl methyl sites for hydroxylation is 3. The van der Waals surface area contributed by atoms with Crippen molar-refractivity contribution in [3.63, 3.8) is 0 Å². The fourth-order valence-electron chi connectivity index (χ4n) is 3.64. The van der Waals surface area contributed by atoms with E-state index < -0.39 is 11.8 Å². The maximum absolute atomic E-state index is 13.3. The number of amides is 2. The second kappa shape index (κ2) is 9.14. The van der Waals surface area contributed by atoms with Crippen LogP contribution in [-0.2, 0) is 7.05 Å². The first-order chi connectivity index (χ1) is 16.3. The van der Waals surface area contributed by atoms with E-state index in [-0.39, 0.29) is 11.3 Å². The van der Waals surface area contributed by atoms with Crippen LogP contribution >= 0.6 is 0 Å². The van der Waals surface area contributed by atoms with Crippen molar-refractivity contribution in [2.45, 2.75) is 13.8 Å². The molecule has 0 bridgehead atoms. The number of methoxy groups -OCH3 is 1. The molecule has 0 spiro atoms. The van der Waals surface area contributed by atoms with E-state index >= 15 is 0 Å². The van der Waals surface area contributed by atoms with Gasteiger partial charge in [0, 0.05) is 38.1 Å². The molecule has 1 aromatic carbocycles. The van der Waals surface area contributed by atoms with Crippen molar-refractivity contribution in [3.8, 4) is 5.75 Å². The number of pyridine rings is 1. The van der Waals surface area contributed by atoms with Gasteiger partial charge >= 0.3 is 0 Å². The number of hydrogen-bond donors (Lipinski definition) is 3. The number of carbonyl (C=O) groups is 2. The van der Waals surface area contributed by atoms with Crippen LogP contribution < -0.4 is 20.7 Å². The number of aromatic nitrogens is 5. The highest BCUT2D eigenvalue weighted by Gasteiger charge is 2.21. The van der Waals surface area contributed by atoms with Crippen LogP contribution in [0.3, 0.4) is 0 Å². The Bertz CT molecular complexity index is 1390. The highest BCUT2D eigenvalue weighted by Crippen LogP contribution is 2.30. The lowest BCUT2D eigenvalue weighted by Gasteiger charge is -2.14. The molecule has 3 aromatic heterocycles. The van der Waals surface area contributed by atoms with Crippen molar-refractivity contribution >= 4 is 40.2 Å². The second-order valence-corrected chi connectivity index (χ2v) is 7.58. The molecule has 34 heavy (non-hydrogen) atoms. The maximum Gasteiger partial charge on any atom is 0.259 e. The topological polar surface area (TPSA) is 136 Å². The Morgan fingerprint density at radius 2 is 1.79 bits per heavy atom. The number of benzene rings is 1. The predicted octanol–water partition coefficient (Wildman–Crippen LogP) is 2.74. The summed E-state index contributed by atoms with van der Waals surface area (Å²) in [5, 5.41) is 8.47. The summed E-state index contributed by atoms with van der Waals surface area (Å²) >= 11 is 0. The largest absolute Gasteiger partial charge is 0.494 e. The molecule has 2 amide bonds. The number of fused-ring (bicyclic) bond motifs is 1. The monoisotopic (exact) mass is 460 g/mol. The van der Waals surface area contributed by atoms with Gasteiger partial charge in [0.25, 0.3) is 11.8 Å². The van der Waals surface area contributed by atoms with E-state index in [1.165, 1.54) is 20.4 Å². The molecule has 0 aliphatic carbocycles. The van der Waals surface area contributed by atoms with Crippen LogP contribution in [0, 0.1) is 13.8 Å². The van der Waals surface area contributed by atoms with Crippen LogP contribution in [0.4, 0.5) is 17.3 Å². The quantitative estimate of drug-likeness (QED) is 0.400. The Hall–Kier alpha value is -4.54. The van der Waals surface area contributed by atoms with Gasteiger partial charge in [-0.3, -0.25) is 9.59 Å². The molecule has 0 saturated heterocycles. The van der Waals surface area contributed by atoms with Crippen molar-refractivity contribution < 1.29 is 14.3 Å². The smallest absolute Gasteiger partial charge is 0.259 e. The summed E-state index contributed by atoms with van der Waals surface area (Å²) in [4.78, 5) is 42.9. The van der Waals surface area contributed by atoms with E-state index in [4.69, 9.17) is 4.74 Å². The van der Waals surface area contributed by atoms with E-state index in [9.17, 15) is 9.59 Å². The van der Waals surface area contributed by atoms with Crippen LogP contribution in [0.15, 0.2) is 36.8 Å². The Balaban J connectivity index is 1.71. The average Bonchev–Trinajstić information content (AvgIpc) is 3.18. The molecule has 174 valence electrons. The van der Waals surface area contributed by atoms with Crippen LogP contribution in [0.1, 0.15) is 32.2 Å². The molecule has 0 aliphatic heterocycles. The lowest BCUT2D eigenvalue weighted by atomic mass is 10.1. The first kappa shape index (κ1) is 22.6. The molecule has 11 nitrogen and oxygen atoms in total. The zero-order valence-corrected chi connectivity index (χ0v) is 19.4. The number of nitrogens with one attached hydrogen (secondary N) is 3. The Morgan fingerprint density at radius 1 is 1.00 bits per heavy atom. The van der Waals surface area contributed by atoms with Gasteiger partial charge in [-0.25, -0.2) is 19.9 Å². The molecule has 0 aliphatic rings. The SMILES string of the molecule is CNC(=O)c1cnc(Nc2cc(C)nc(C)n2)cc1NC(=O)c1ccc2ncn(C)c2c1OC. The number of rotatable bonds is 6. The lowest BCUT2D eigenvalue weighted by molar-refractivity contribution is 0.0963. The van der Waals surface area contributed by atoms with Crippen molar-refractivity contribution in [2.75, 3.05) is 24.8 Å². The fourth-order valence-corrected chi connectivity index (χ4v) is 3.64. The molecule has 0 saturated carbocycles. The zero-order valence-electron chi connectivity index (χ0n) is 19.4. The molecule has 3 heterocycles. The van der Waals surface area contributed by atoms with Gasteiger partial charge in [-0.15, -0.1) is 0 Å². The van der Waals surface area contributed by atoms with Crippen LogP contribution in [0.5, 0.6) is 5.75 Å². The predicted molar refractivity (Wildman–Crippen MR) is 128 cm³/mol. The summed E-state index contributed by atoms with van der Waals surface area (Å²) in [5.41, 5.74) is 2.97. The van der Waals surface area contributed by atoms with E-state index in [2.05, 4.69) is 35.9 Å². The maximum atomic E-state index is 13.3. The molecule has 0 radical (unpaired) electrons. The molecule has 0 fully saturated rings. The Labute approximate surface area is 195 Å². The fraction of sp³-hybridized carbons (Fsp3) is 0.217. The highest BCUT2D eigenvalue weighted by molar-refractivity contribution is 6.12. The van der Waals surface area contributed by atoms with Gasteiger partial charge in [0.05, 0.1) is 35.8 Å². The van der Waals surface area contributed by atoms with Gasteiger partial charge in [-0.1, -0.05) is 0 Å². The van der Waals surface area contributed by atoms with E-state index in [1.807, 2.05) is 14.0 Å². The van der Waals surface area contributed by atoms with Gasteiger partial charge in [0.1, 0.15) is 23.0 Å². The number of carbonyl (C=O) groups excluding carboxylic acids is 2. The molecule has 11 heteroatoms. The zero-order chi connectivity index (χ0) is 24.4. The van der Waals surface area contributed by atoms with Crippen LogP contribution in [-0.4, -0.2) is 50.5 Å². The second-order valence-electron chi connectivity index (χ2n) is 7.58. The number of hydrogen-bond acceptors (Lipinski definition) is 8.